The lowest BCUT2D eigenvalue weighted by atomic mass is 10.2. The van der Waals surface area contributed by atoms with E-state index in [0.29, 0.717) is 6.20 Å². The molecule has 1 rings (SSSR count). The van der Waals surface area contributed by atoms with Crippen molar-refractivity contribution in [3.63, 3.8) is 0 Å². The summed E-state index contributed by atoms with van der Waals surface area (Å²) in [4.78, 5) is 23.6. The summed E-state index contributed by atoms with van der Waals surface area (Å²) in [5.41, 5.74) is -1.18. The first-order valence-electron chi connectivity index (χ1n) is 4.41. The Kier molecular flexibility index (Phi) is 4.49. The Balaban J connectivity index is 3.32. The smallest absolute Gasteiger partial charge is 0.481 e. The van der Waals surface area contributed by atoms with E-state index in [-0.39, 0.29) is 9.26 Å². The first kappa shape index (κ1) is 15.4. The summed E-state index contributed by atoms with van der Waals surface area (Å²) in [7, 11) is 0. The number of nitrogens with zero attached hydrogens (tertiary/aromatic N) is 2. The first-order valence-corrected chi connectivity index (χ1v) is 5.49. The summed E-state index contributed by atoms with van der Waals surface area (Å²) in [5, 5.41) is 19.3. The highest BCUT2D eigenvalue weighted by Crippen LogP contribution is 2.36. The number of carboxylic acids is 1. The number of aliphatic carboxylic acids is 1. The zero-order chi connectivity index (χ0) is 14.8. The molecule has 1 N–H and O–H groups in total. The van der Waals surface area contributed by atoms with Gasteiger partial charge in [0.05, 0.1) is 23.2 Å². The number of carbonyl (C=O) groups is 1. The van der Waals surface area contributed by atoms with Crippen molar-refractivity contribution in [1.29, 1.82) is 0 Å². The predicted molar refractivity (Wildman–Crippen MR) is 61.6 cm³/mol. The van der Waals surface area contributed by atoms with Gasteiger partial charge in [0.2, 0.25) is 5.75 Å². The molecule has 0 aliphatic rings. The van der Waals surface area contributed by atoms with Crippen LogP contribution in [0.25, 0.3) is 0 Å². The van der Waals surface area contributed by atoms with Crippen LogP contribution in [-0.4, -0.2) is 27.3 Å². The van der Waals surface area contributed by atoms with Crippen molar-refractivity contribution in [1.82, 2.24) is 4.98 Å². The molecule has 0 amide bonds. The Labute approximate surface area is 116 Å². The fraction of sp³-hybridized carbons (Fsp3) is 0.250. The molecule has 0 spiro atoms. The maximum atomic E-state index is 12.1. The minimum atomic E-state index is -5.11. The van der Waals surface area contributed by atoms with Crippen molar-refractivity contribution in [2.45, 2.75) is 12.8 Å². The van der Waals surface area contributed by atoms with E-state index in [1.54, 1.807) is 0 Å². The van der Waals surface area contributed by atoms with Crippen LogP contribution in [0.4, 0.5) is 18.9 Å². The lowest BCUT2D eigenvalue weighted by Gasteiger charge is -2.10. The number of hydrogen-bond donors (Lipinski definition) is 1. The van der Waals surface area contributed by atoms with Crippen molar-refractivity contribution in [2.75, 3.05) is 0 Å². The van der Waals surface area contributed by atoms with Crippen molar-refractivity contribution >= 4 is 34.2 Å². The predicted octanol–water partition coefficient (Wildman–Crippen LogP) is 2.12. The number of hydrogen-bond acceptors (Lipinski definition) is 5. The minimum Gasteiger partial charge on any atom is -0.481 e. The summed E-state index contributed by atoms with van der Waals surface area (Å²) < 4.78 is 39.3. The first-order chi connectivity index (χ1) is 8.61. The lowest BCUT2D eigenvalue weighted by Crippen LogP contribution is -2.19. The van der Waals surface area contributed by atoms with Gasteiger partial charge in [-0.2, -0.15) is 0 Å². The molecule has 0 aliphatic carbocycles. The van der Waals surface area contributed by atoms with Gasteiger partial charge in [0.1, 0.15) is 3.57 Å². The maximum Gasteiger partial charge on any atom is 0.573 e. The molecule has 0 saturated heterocycles. The van der Waals surface area contributed by atoms with Crippen LogP contribution >= 0.6 is 22.6 Å². The average molecular weight is 392 g/mol. The molecule has 11 heteroatoms. The molecule has 0 unspecified atom stereocenters. The van der Waals surface area contributed by atoms with Crippen molar-refractivity contribution < 1.29 is 32.7 Å². The van der Waals surface area contributed by atoms with Gasteiger partial charge in [-0.05, 0) is 22.6 Å². The molecule has 0 aromatic carbocycles. The van der Waals surface area contributed by atoms with Crippen molar-refractivity contribution in [3.8, 4) is 5.75 Å². The molecule has 104 valence electrons. The zero-order valence-electron chi connectivity index (χ0n) is 8.77. The fourth-order valence-electron chi connectivity index (χ4n) is 1.14. The largest absolute Gasteiger partial charge is 0.573 e. The van der Waals surface area contributed by atoms with Crippen LogP contribution in [-0.2, 0) is 11.2 Å². The topological polar surface area (TPSA) is 103 Å². The SMILES string of the molecule is O=C(O)Cc1ncc(OC(F)(F)F)c([N+](=O)[O-])c1I. The van der Waals surface area contributed by atoms with E-state index in [2.05, 4.69) is 9.72 Å². The van der Waals surface area contributed by atoms with Crippen LogP contribution in [0.1, 0.15) is 5.69 Å². The van der Waals surface area contributed by atoms with Crippen LogP contribution in [0.2, 0.25) is 0 Å². The van der Waals surface area contributed by atoms with Gasteiger partial charge in [0.25, 0.3) is 0 Å². The number of alkyl halides is 3. The van der Waals surface area contributed by atoms with E-state index >= 15 is 0 Å². The Morgan fingerprint density at radius 3 is 2.58 bits per heavy atom. The van der Waals surface area contributed by atoms with E-state index in [9.17, 15) is 28.1 Å². The second-order valence-corrected chi connectivity index (χ2v) is 4.19. The number of carboxylic acid groups (broad SMARTS) is 1. The molecule has 0 fully saturated rings. The van der Waals surface area contributed by atoms with Gasteiger partial charge in [0.15, 0.2) is 0 Å². The quantitative estimate of drug-likeness (QED) is 0.479. The van der Waals surface area contributed by atoms with Gasteiger partial charge < -0.3 is 9.84 Å². The van der Waals surface area contributed by atoms with Crippen molar-refractivity contribution in [2.24, 2.45) is 0 Å². The number of halogens is 4. The van der Waals surface area contributed by atoms with Gasteiger partial charge in [0, 0.05) is 0 Å². The summed E-state index contributed by atoms with van der Waals surface area (Å²) in [6, 6.07) is 0. The van der Waals surface area contributed by atoms with Crippen LogP contribution in [0.15, 0.2) is 6.20 Å². The lowest BCUT2D eigenvalue weighted by molar-refractivity contribution is -0.389. The molecule has 1 aromatic heterocycles. The Hall–Kier alpha value is -1.66. The molecule has 0 radical (unpaired) electrons. The van der Waals surface area contributed by atoms with Gasteiger partial charge in [-0.25, -0.2) is 0 Å². The van der Waals surface area contributed by atoms with Crippen LogP contribution < -0.4 is 4.74 Å². The Morgan fingerprint density at radius 1 is 1.58 bits per heavy atom. The Morgan fingerprint density at radius 2 is 2.16 bits per heavy atom. The third kappa shape index (κ3) is 4.18. The standard InChI is InChI=1S/C8H4F3IN2O5/c9-8(10,11)19-4-2-13-3(1-5(15)16)6(12)7(4)14(17)18/h2H,1H2,(H,15,16). The number of rotatable bonds is 4. The highest BCUT2D eigenvalue weighted by atomic mass is 127. The summed E-state index contributed by atoms with van der Waals surface area (Å²) in [5.74, 6) is -2.40. The van der Waals surface area contributed by atoms with Crippen LogP contribution in [0.5, 0.6) is 5.75 Å². The van der Waals surface area contributed by atoms with Crippen molar-refractivity contribution in [3.05, 3.63) is 25.6 Å². The Bertz CT molecular complexity index is 534. The zero-order valence-corrected chi connectivity index (χ0v) is 10.9. The molecular formula is C8H4F3IN2O5. The van der Waals surface area contributed by atoms with E-state index in [0.717, 1.165) is 0 Å². The van der Waals surface area contributed by atoms with Crippen LogP contribution in [0.3, 0.4) is 0 Å². The average Bonchev–Trinajstić information content (AvgIpc) is 2.19. The van der Waals surface area contributed by atoms with Crippen LogP contribution in [0, 0.1) is 13.7 Å². The summed E-state index contributed by atoms with van der Waals surface area (Å²) in [6.07, 6.45) is -5.28. The molecule has 19 heavy (non-hydrogen) atoms. The third-order valence-corrected chi connectivity index (χ3v) is 2.89. The monoisotopic (exact) mass is 392 g/mol. The molecule has 0 bridgehead atoms. The van der Waals surface area contributed by atoms with Gasteiger partial charge >= 0.3 is 18.0 Å². The number of pyridine rings is 1. The van der Waals surface area contributed by atoms with E-state index in [4.69, 9.17) is 5.11 Å². The molecule has 0 saturated carbocycles. The fourth-order valence-corrected chi connectivity index (χ4v) is 1.93. The van der Waals surface area contributed by atoms with Gasteiger partial charge in [-0.1, -0.05) is 0 Å². The summed E-state index contributed by atoms with van der Waals surface area (Å²) >= 11 is 1.35. The van der Waals surface area contributed by atoms with Gasteiger partial charge in [-0.3, -0.25) is 19.9 Å². The molecule has 1 aromatic rings. The second-order valence-electron chi connectivity index (χ2n) is 3.11. The molecule has 1 heterocycles. The van der Waals surface area contributed by atoms with Gasteiger partial charge in [-0.15, -0.1) is 13.2 Å². The molecular weight excluding hydrogens is 388 g/mol. The highest BCUT2D eigenvalue weighted by Gasteiger charge is 2.36. The number of nitro groups is 1. The normalized spacial score (nSPS) is 11.2. The highest BCUT2D eigenvalue weighted by molar-refractivity contribution is 14.1. The number of ether oxygens (including phenoxy) is 1. The molecule has 0 aliphatic heterocycles. The number of aromatic nitrogens is 1. The minimum absolute atomic E-state index is 0.214. The third-order valence-electron chi connectivity index (χ3n) is 1.76. The molecule has 7 nitrogen and oxygen atoms in total. The van der Waals surface area contributed by atoms with E-state index in [1.807, 2.05) is 0 Å². The maximum absolute atomic E-state index is 12.1. The molecule has 0 atom stereocenters. The van der Waals surface area contributed by atoms with E-state index < -0.39 is 35.1 Å². The second kappa shape index (κ2) is 5.54. The van der Waals surface area contributed by atoms with E-state index in [1.165, 1.54) is 22.6 Å². The summed E-state index contributed by atoms with van der Waals surface area (Å²) in [6.45, 7) is 0.